The van der Waals surface area contributed by atoms with Gasteiger partial charge in [-0.05, 0) is 38.5 Å². The number of amides is 2. The van der Waals surface area contributed by atoms with E-state index in [1.165, 1.54) is 0 Å². The zero-order chi connectivity index (χ0) is 17.6. The Labute approximate surface area is 143 Å². The average molecular weight is 338 g/mol. The van der Waals surface area contributed by atoms with Crippen LogP contribution in [0, 0.1) is 11.8 Å². The minimum Gasteiger partial charge on any atom is -0.481 e. The summed E-state index contributed by atoms with van der Waals surface area (Å²) in [5.41, 5.74) is -0.801. The van der Waals surface area contributed by atoms with E-state index in [2.05, 4.69) is 17.6 Å². The number of hydrogen-bond acceptors (Lipinski definition) is 3. The number of nitrogens with one attached hydrogen (secondary N) is 2. The first-order valence-corrected chi connectivity index (χ1v) is 9.31. The van der Waals surface area contributed by atoms with Crippen molar-refractivity contribution >= 4 is 17.8 Å². The third kappa shape index (κ3) is 4.48. The largest absolute Gasteiger partial charge is 0.481 e. The fourth-order valence-electron chi connectivity index (χ4n) is 3.89. The van der Waals surface area contributed by atoms with Crippen molar-refractivity contribution in [1.29, 1.82) is 0 Å². The van der Waals surface area contributed by atoms with Gasteiger partial charge in [0.25, 0.3) is 0 Å². The van der Waals surface area contributed by atoms with Crippen LogP contribution in [0.4, 0.5) is 0 Å². The number of hydrogen-bond donors (Lipinski definition) is 3. The smallest absolute Gasteiger partial charge is 0.306 e. The average Bonchev–Trinajstić information content (AvgIpc) is 3.06. The number of carbonyl (C=O) groups excluding carboxylic acids is 2. The number of unbranched alkanes of at least 4 members (excludes halogenated alkanes) is 1. The van der Waals surface area contributed by atoms with Gasteiger partial charge in [0.2, 0.25) is 11.8 Å². The van der Waals surface area contributed by atoms with Crippen molar-refractivity contribution in [3.05, 3.63) is 0 Å². The van der Waals surface area contributed by atoms with E-state index in [-0.39, 0.29) is 17.7 Å². The molecule has 0 heterocycles. The van der Waals surface area contributed by atoms with Gasteiger partial charge < -0.3 is 15.7 Å². The molecule has 0 bridgehead atoms. The quantitative estimate of drug-likeness (QED) is 0.620. The summed E-state index contributed by atoms with van der Waals surface area (Å²) in [5, 5.41) is 15.1. The Morgan fingerprint density at radius 3 is 2.33 bits per heavy atom. The van der Waals surface area contributed by atoms with Gasteiger partial charge >= 0.3 is 5.97 Å². The van der Waals surface area contributed by atoms with E-state index in [1.807, 2.05) is 0 Å². The highest BCUT2D eigenvalue weighted by atomic mass is 16.4. The molecule has 0 aromatic rings. The van der Waals surface area contributed by atoms with Gasteiger partial charge in [-0.15, -0.1) is 0 Å². The highest BCUT2D eigenvalue weighted by Gasteiger charge is 2.43. The number of carboxylic acid groups (broad SMARTS) is 1. The SMILES string of the molecule is CCCCNC(=O)C1(NC(=O)[C@@H]2CC[C@H](C(=O)O)C2)CCCCC1. The molecule has 2 fully saturated rings. The molecule has 0 spiro atoms. The lowest BCUT2D eigenvalue weighted by Gasteiger charge is -2.37. The fourth-order valence-corrected chi connectivity index (χ4v) is 3.89. The van der Waals surface area contributed by atoms with Crippen LogP contribution in [0.25, 0.3) is 0 Å². The number of carboxylic acids is 1. The van der Waals surface area contributed by atoms with Gasteiger partial charge in [0.1, 0.15) is 5.54 Å². The van der Waals surface area contributed by atoms with Crippen molar-refractivity contribution in [1.82, 2.24) is 10.6 Å². The van der Waals surface area contributed by atoms with Crippen LogP contribution >= 0.6 is 0 Å². The summed E-state index contributed by atoms with van der Waals surface area (Å²) in [6, 6.07) is 0. The van der Waals surface area contributed by atoms with Gasteiger partial charge in [0.15, 0.2) is 0 Å². The van der Waals surface area contributed by atoms with E-state index in [1.54, 1.807) is 0 Å². The highest BCUT2D eigenvalue weighted by molar-refractivity contribution is 5.92. The first-order valence-electron chi connectivity index (χ1n) is 9.31. The van der Waals surface area contributed by atoms with Crippen LogP contribution in [0.15, 0.2) is 0 Å². The first-order chi connectivity index (χ1) is 11.5. The zero-order valence-corrected chi connectivity index (χ0v) is 14.6. The highest BCUT2D eigenvalue weighted by Crippen LogP contribution is 2.34. The Morgan fingerprint density at radius 2 is 1.75 bits per heavy atom. The molecule has 24 heavy (non-hydrogen) atoms. The summed E-state index contributed by atoms with van der Waals surface area (Å²) in [5.74, 6) is -1.76. The van der Waals surface area contributed by atoms with E-state index in [0.717, 1.165) is 32.1 Å². The maximum atomic E-state index is 12.7. The lowest BCUT2D eigenvalue weighted by Crippen LogP contribution is -2.60. The second kappa shape index (κ2) is 8.49. The van der Waals surface area contributed by atoms with Gasteiger partial charge in [-0.1, -0.05) is 32.6 Å². The molecule has 6 nitrogen and oxygen atoms in total. The Balaban J connectivity index is 1.99. The van der Waals surface area contributed by atoms with Crippen molar-refractivity contribution in [3.8, 4) is 0 Å². The summed E-state index contributed by atoms with van der Waals surface area (Å²) >= 11 is 0. The molecule has 0 aromatic heterocycles. The van der Waals surface area contributed by atoms with Gasteiger partial charge in [0, 0.05) is 12.5 Å². The molecule has 2 amide bonds. The predicted molar refractivity (Wildman–Crippen MR) is 90.3 cm³/mol. The number of aliphatic carboxylic acids is 1. The molecule has 6 heteroatoms. The summed E-state index contributed by atoms with van der Waals surface area (Å²) in [7, 11) is 0. The molecule has 2 aliphatic rings. The van der Waals surface area contributed by atoms with Gasteiger partial charge in [-0.25, -0.2) is 0 Å². The van der Waals surface area contributed by atoms with Crippen LogP contribution in [-0.2, 0) is 14.4 Å². The van der Waals surface area contributed by atoms with Crippen LogP contribution in [-0.4, -0.2) is 35.0 Å². The summed E-state index contributed by atoms with van der Waals surface area (Å²) in [6.45, 7) is 2.71. The van der Waals surface area contributed by atoms with Gasteiger partial charge in [-0.3, -0.25) is 14.4 Å². The van der Waals surface area contributed by atoms with Crippen LogP contribution in [0.1, 0.15) is 71.1 Å². The lowest BCUT2D eigenvalue weighted by atomic mass is 9.80. The summed E-state index contributed by atoms with van der Waals surface area (Å²) in [4.78, 5) is 36.4. The molecule has 2 aliphatic carbocycles. The first kappa shape index (κ1) is 18.7. The Kier molecular flexibility index (Phi) is 6.63. The van der Waals surface area contributed by atoms with Crippen molar-refractivity contribution in [2.45, 2.75) is 76.7 Å². The Hall–Kier alpha value is -1.59. The van der Waals surface area contributed by atoms with Gasteiger partial charge in [-0.2, -0.15) is 0 Å². The number of carbonyl (C=O) groups is 3. The second-order valence-electron chi connectivity index (χ2n) is 7.29. The lowest BCUT2D eigenvalue weighted by molar-refractivity contribution is -0.142. The molecule has 0 radical (unpaired) electrons. The van der Waals surface area contributed by atoms with Crippen LogP contribution in [0.3, 0.4) is 0 Å². The maximum absolute atomic E-state index is 12.7. The Morgan fingerprint density at radius 1 is 1.08 bits per heavy atom. The van der Waals surface area contributed by atoms with Crippen molar-refractivity contribution in [2.24, 2.45) is 11.8 Å². The van der Waals surface area contributed by atoms with Crippen LogP contribution in [0.2, 0.25) is 0 Å². The molecular weight excluding hydrogens is 308 g/mol. The molecule has 2 saturated carbocycles. The third-order valence-corrected chi connectivity index (χ3v) is 5.47. The fraction of sp³-hybridized carbons (Fsp3) is 0.833. The van der Waals surface area contributed by atoms with E-state index < -0.39 is 17.4 Å². The van der Waals surface area contributed by atoms with Crippen LogP contribution in [0.5, 0.6) is 0 Å². The molecule has 0 aliphatic heterocycles. The molecular formula is C18H30N2O4. The summed E-state index contributed by atoms with van der Waals surface area (Å²) in [6.07, 6.45) is 7.76. The monoisotopic (exact) mass is 338 g/mol. The molecule has 3 N–H and O–H groups in total. The third-order valence-electron chi connectivity index (χ3n) is 5.47. The van der Waals surface area contributed by atoms with Crippen molar-refractivity contribution in [2.75, 3.05) is 6.54 Å². The van der Waals surface area contributed by atoms with Crippen molar-refractivity contribution < 1.29 is 19.5 Å². The topological polar surface area (TPSA) is 95.5 Å². The normalized spacial score (nSPS) is 25.9. The van der Waals surface area contributed by atoms with E-state index >= 15 is 0 Å². The predicted octanol–water partition coefficient (Wildman–Crippen LogP) is 2.22. The molecule has 2 atom stereocenters. The minimum absolute atomic E-state index is 0.0724. The standard InChI is InChI=1S/C18H30N2O4/c1-2-3-11-19-17(24)18(9-5-4-6-10-18)20-15(21)13-7-8-14(12-13)16(22)23/h13-14H,2-12H2,1H3,(H,19,24)(H,20,21)(H,22,23)/t13-,14+/m1/s1. The number of rotatable bonds is 7. The van der Waals surface area contributed by atoms with E-state index in [4.69, 9.17) is 5.11 Å². The Bertz CT molecular complexity index is 472. The summed E-state index contributed by atoms with van der Waals surface area (Å²) < 4.78 is 0. The molecule has 136 valence electrons. The molecule has 0 aromatic carbocycles. The van der Waals surface area contributed by atoms with Crippen LogP contribution < -0.4 is 10.6 Å². The zero-order valence-electron chi connectivity index (χ0n) is 14.6. The minimum atomic E-state index is -0.824. The second-order valence-corrected chi connectivity index (χ2v) is 7.29. The van der Waals surface area contributed by atoms with Crippen molar-refractivity contribution in [3.63, 3.8) is 0 Å². The maximum Gasteiger partial charge on any atom is 0.306 e. The molecule has 0 saturated heterocycles. The molecule has 2 rings (SSSR count). The van der Waals surface area contributed by atoms with E-state index in [9.17, 15) is 14.4 Å². The van der Waals surface area contributed by atoms with E-state index in [0.29, 0.717) is 38.6 Å². The molecule has 0 unspecified atom stereocenters. The van der Waals surface area contributed by atoms with Gasteiger partial charge in [0.05, 0.1) is 5.92 Å².